The van der Waals surface area contributed by atoms with Gasteiger partial charge >= 0.3 is 0 Å². The maximum Gasteiger partial charge on any atom is 0.157 e. The van der Waals surface area contributed by atoms with Gasteiger partial charge < -0.3 is 4.90 Å². The van der Waals surface area contributed by atoms with Crippen molar-refractivity contribution in [3.8, 4) is 0 Å². The molecule has 4 rings (SSSR count). The fourth-order valence-electron chi connectivity index (χ4n) is 3.64. The topological polar surface area (TPSA) is 74.3 Å². The van der Waals surface area contributed by atoms with E-state index in [1.807, 2.05) is 28.8 Å². The normalized spacial score (nSPS) is 16.9. The second-order valence-corrected chi connectivity index (χ2v) is 9.18. The van der Waals surface area contributed by atoms with Gasteiger partial charge in [-0.15, -0.1) is 0 Å². The van der Waals surface area contributed by atoms with E-state index in [9.17, 15) is 4.21 Å². The van der Waals surface area contributed by atoms with Crippen molar-refractivity contribution in [3.63, 3.8) is 0 Å². The molecule has 3 aromatic rings. The minimum atomic E-state index is -2.67. The molecule has 26 heavy (non-hydrogen) atoms. The van der Waals surface area contributed by atoms with E-state index in [0.717, 1.165) is 36.5 Å². The number of anilines is 1. The zero-order chi connectivity index (χ0) is 18.3. The van der Waals surface area contributed by atoms with Crippen LogP contribution >= 0.6 is 0 Å². The van der Waals surface area contributed by atoms with Crippen LogP contribution in [0.1, 0.15) is 29.5 Å². The van der Waals surface area contributed by atoms with Gasteiger partial charge in [-0.05, 0) is 49.1 Å². The lowest BCUT2D eigenvalue weighted by atomic mass is 10.0. The molecule has 2 aromatic heterocycles. The van der Waals surface area contributed by atoms with Crippen LogP contribution in [0, 0.1) is 11.7 Å². The predicted molar refractivity (Wildman–Crippen MR) is 103 cm³/mol. The summed E-state index contributed by atoms with van der Waals surface area (Å²) in [6.45, 7) is 4.21. The Kier molecular flexibility index (Phi) is 4.19. The third-order valence-electron chi connectivity index (χ3n) is 5.03. The van der Waals surface area contributed by atoms with Gasteiger partial charge in [0.15, 0.2) is 5.65 Å². The van der Waals surface area contributed by atoms with Crippen LogP contribution in [-0.4, -0.2) is 38.2 Å². The SMILES string of the molecule is Cc1cc2ncnn2c(N2CCCC2)c1Cc1ccc(S(C)(=N)=O)cc1. The van der Waals surface area contributed by atoms with Crippen molar-refractivity contribution in [1.29, 1.82) is 4.78 Å². The highest BCUT2D eigenvalue weighted by molar-refractivity contribution is 7.91. The van der Waals surface area contributed by atoms with Crippen molar-refractivity contribution in [2.24, 2.45) is 0 Å². The molecule has 1 aliphatic rings. The largest absolute Gasteiger partial charge is 0.356 e. The van der Waals surface area contributed by atoms with Gasteiger partial charge in [0, 0.05) is 36.2 Å². The molecule has 1 saturated heterocycles. The molecule has 1 aromatic carbocycles. The zero-order valence-corrected chi connectivity index (χ0v) is 15.9. The first-order valence-corrected chi connectivity index (χ1v) is 10.8. The first-order valence-electron chi connectivity index (χ1n) is 8.83. The monoisotopic (exact) mass is 369 g/mol. The van der Waals surface area contributed by atoms with Crippen molar-refractivity contribution >= 4 is 21.2 Å². The Hall–Kier alpha value is -2.41. The molecule has 1 aliphatic heterocycles. The number of pyridine rings is 1. The molecular formula is C19H23N5OS. The number of hydrogen-bond donors (Lipinski definition) is 1. The van der Waals surface area contributed by atoms with Crippen molar-refractivity contribution in [2.45, 2.75) is 31.1 Å². The quantitative estimate of drug-likeness (QED) is 0.766. The number of hydrogen-bond acceptors (Lipinski definition) is 5. The number of fused-ring (bicyclic) bond motifs is 1. The first kappa shape index (κ1) is 17.0. The third kappa shape index (κ3) is 3.07. The number of aryl methyl sites for hydroxylation is 1. The highest BCUT2D eigenvalue weighted by Gasteiger charge is 2.22. The Bertz CT molecular complexity index is 1050. The van der Waals surface area contributed by atoms with Gasteiger partial charge in [0.25, 0.3) is 0 Å². The van der Waals surface area contributed by atoms with Crippen LogP contribution in [0.25, 0.3) is 5.65 Å². The van der Waals surface area contributed by atoms with Crippen LogP contribution in [0.5, 0.6) is 0 Å². The molecule has 136 valence electrons. The Morgan fingerprint density at radius 2 is 1.88 bits per heavy atom. The van der Waals surface area contributed by atoms with E-state index in [1.165, 1.54) is 30.2 Å². The number of nitrogens with one attached hydrogen (secondary N) is 1. The van der Waals surface area contributed by atoms with Crippen LogP contribution in [0.15, 0.2) is 41.6 Å². The second kappa shape index (κ2) is 6.39. The summed E-state index contributed by atoms with van der Waals surface area (Å²) in [6, 6.07) is 9.66. The third-order valence-corrected chi connectivity index (χ3v) is 6.20. The van der Waals surface area contributed by atoms with Crippen molar-refractivity contribution < 1.29 is 4.21 Å². The molecule has 0 radical (unpaired) electrons. The van der Waals surface area contributed by atoms with Crippen LogP contribution in [0.2, 0.25) is 0 Å². The lowest BCUT2D eigenvalue weighted by molar-refractivity contribution is 0.679. The Morgan fingerprint density at radius 1 is 1.19 bits per heavy atom. The number of rotatable bonds is 4. The zero-order valence-electron chi connectivity index (χ0n) is 15.1. The molecule has 7 heteroatoms. The smallest absolute Gasteiger partial charge is 0.157 e. The standard InChI is InChI=1S/C19H23N5OS/c1-14-11-18-21-13-22-24(18)19(23-9-3-4-10-23)17(14)12-15-5-7-16(8-6-15)26(2,20)25/h5-8,11,13,20H,3-4,9-10,12H2,1-2H3. The van der Waals surface area contributed by atoms with E-state index in [4.69, 9.17) is 4.78 Å². The van der Waals surface area contributed by atoms with Gasteiger partial charge in [-0.2, -0.15) is 9.61 Å². The van der Waals surface area contributed by atoms with Crippen LogP contribution in [0.4, 0.5) is 5.82 Å². The fraction of sp³-hybridized carbons (Fsp3) is 0.368. The molecule has 1 unspecified atom stereocenters. The highest BCUT2D eigenvalue weighted by Crippen LogP contribution is 2.30. The number of benzene rings is 1. The minimum Gasteiger partial charge on any atom is -0.356 e. The molecule has 0 amide bonds. The molecule has 6 nitrogen and oxygen atoms in total. The molecule has 0 bridgehead atoms. The van der Waals surface area contributed by atoms with Crippen LogP contribution in [0.3, 0.4) is 0 Å². The molecule has 1 N–H and O–H groups in total. The summed E-state index contributed by atoms with van der Waals surface area (Å²) >= 11 is 0. The summed E-state index contributed by atoms with van der Waals surface area (Å²) in [6.07, 6.45) is 6.24. The number of aromatic nitrogens is 3. The van der Waals surface area contributed by atoms with Crippen LogP contribution < -0.4 is 4.90 Å². The molecule has 1 fully saturated rings. The number of nitrogens with zero attached hydrogens (tertiary/aromatic N) is 4. The van der Waals surface area contributed by atoms with Crippen molar-refractivity contribution in [1.82, 2.24) is 14.6 Å². The van der Waals surface area contributed by atoms with E-state index in [1.54, 1.807) is 6.33 Å². The summed E-state index contributed by atoms with van der Waals surface area (Å²) in [5, 5.41) is 4.45. The summed E-state index contributed by atoms with van der Waals surface area (Å²) in [7, 11) is -2.67. The molecule has 1 atom stereocenters. The maximum atomic E-state index is 11.9. The highest BCUT2D eigenvalue weighted by atomic mass is 32.2. The van der Waals surface area contributed by atoms with Crippen molar-refractivity contribution in [3.05, 3.63) is 53.3 Å². The lowest BCUT2D eigenvalue weighted by Gasteiger charge is -2.23. The van der Waals surface area contributed by atoms with Gasteiger partial charge in [-0.25, -0.2) is 14.0 Å². The molecule has 3 heterocycles. The summed E-state index contributed by atoms with van der Waals surface area (Å²) in [5.74, 6) is 1.14. The van der Waals surface area contributed by atoms with E-state index >= 15 is 0 Å². The average Bonchev–Trinajstić information content (AvgIpc) is 3.26. The average molecular weight is 369 g/mol. The first-order chi connectivity index (χ1) is 12.4. The second-order valence-electron chi connectivity index (χ2n) is 7.02. The lowest BCUT2D eigenvalue weighted by Crippen LogP contribution is -2.23. The predicted octanol–water partition coefficient (Wildman–Crippen LogP) is 3.26. The maximum absolute atomic E-state index is 11.9. The fourth-order valence-corrected chi connectivity index (χ4v) is 4.30. The molecular weight excluding hydrogens is 346 g/mol. The Labute approximate surface area is 153 Å². The molecule has 0 saturated carbocycles. The Morgan fingerprint density at radius 3 is 2.54 bits per heavy atom. The van der Waals surface area contributed by atoms with E-state index in [0.29, 0.717) is 4.90 Å². The van der Waals surface area contributed by atoms with Crippen molar-refractivity contribution in [2.75, 3.05) is 24.2 Å². The van der Waals surface area contributed by atoms with Gasteiger partial charge in [0.05, 0.1) is 9.73 Å². The summed E-state index contributed by atoms with van der Waals surface area (Å²) < 4.78 is 21.6. The Balaban J connectivity index is 1.78. The van der Waals surface area contributed by atoms with E-state index in [-0.39, 0.29) is 0 Å². The van der Waals surface area contributed by atoms with E-state index in [2.05, 4.69) is 28.0 Å². The van der Waals surface area contributed by atoms with Gasteiger partial charge in [0.2, 0.25) is 0 Å². The van der Waals surface area contributed by atoms with E-state index < -0.39 is 9.73 Å². The molecule has 0 aliphatic carbocycles. The minimum absolute atomic E-state index is 0.574. The van der Waals surface area contributed by atoms with Gasteiger partial charge in [-0.3, -0.25) is 0 Å². The summed E-state index contributed by atoms with van der Waals surface area (Å²) in [5.41, 5.74) is 4.47. The van der Waals surface area contributed by atoms with Crippen LogP contribution in [-0.2, 0) is 16.1 Å². The molecule has 0 spiro atoms. The van der Waals surface area contributed by atoms with Gasteiger partial charge in [0.1, 0.15) is 12.1 Å². The summed E-state index contributed by atoms with van der Waals surface area (Å²) in [4.78, 5) is 7.35. The van der Waals surface area contributed by atoms with Gasteiger partial charge in [-0.1, -0.05) is 12.1 Å².